The molecule has 0 amide bonds. The van der Waals surface area contributed by atoms with Crippen LogP contribution in [0.4, 0.5) is 33.3 Å². The molecule has 0 bridgehead atoms. The Balaban J connectivity index is 1.31. The van der Waals surface area contributed by atoms with Crippen LogP contribution in [0.5, 0.6) is 11.5 Å². The molecule has 12 nitrogen and oxygen atoms in total. The summed E-state index contributed by atoms with van der Waals surface area (Å²) in [5.41, 5.74) is -1.51. The van der Waals surface area contributed by atoms with Crippen LogP contribution in [-0.2, 0) is 20.4 Å². The molecule has 0 radical (unpaired) electrons. The monoisotopic (exact) mass is 738 g/mol. The standard InChI is InChI=1S/C35H35F5N2O10/c36-34(37,38)18-4-3-7-19-49-30-13-15-31(16-14-30)52-35(39,40)27-11-8-25(9-12-27)10-17-32(43)50-20-5-1-2-6-21-51-33(44)26-22-28(41(45)46)24-29(23-26)42(47)48/h8-17,22-24H,1-7,18-21H2/b17-10+. The molecule has 0 saturated heterocycles. The molecule has 0 atom stereocenters. The summed E-state index contributed by atoms with van der Waals surface area (Å²) >= 11 is 0. The smallest absolute Gasteiger partial charge is 0.426 e. The lowest BCUT2D eigenvalue weighted by Crippen LogP contribution is -2.21. The van der Waals surface area contributed by atoms with Crippen LogP contribution in [0.25, 0.3) is 6.08 Å². The lowest BCUT2D eigenvalue weighted by Gasteiger charge is -2.18. The first-order valence-electron chi connectivity index (χ1n) is 16.1. The number of carbonyl (C=O) groups excluding carboxylic acids is 2. The molecule has 0 N–H and O–H groups in total. The number of halogens is 5. The van der Waals surface area contributed by atoms with Crippen molar-refractivity contribution in [2.24, 2.45) is 0 Å². The van der Waals surface area contributed by atoms with E-state index in [0.717, 1.165) is 36.4 Å². The maximum atomic E-state index is 14.8. The zero-order valence-corrected chi connectivity index (χ0v) is 27.7. The van der Waals surface area contributed by atoms with Crippen molar-refractivity contribution in [2.45, 2.75) is 63.7 Å². The molecule has 0 aliphatic heterocycles. The van der Waals surface area contributed by atoms with Crippen molar-refractivity contribution < 1.29 is 60.3 Å². The summed E-state index contributed by atoms with van der Waals surface area (Å²) in [4.78, 5) is 44.5. The van der Waals surface area contributed by atoms with E-state index in [-0.39, 0.29) is 37.6 Å². The van der Waals surface area contributed by atoms with Crippen molar-refractivity contribution in [1.82, 2.24) is 0 Å². The van der Waals surface area contributed by atoms with Gasteiger partial charge in [0.05, 0.1) is 46.9 Å². The van der Waals surface area contributed by atoms with Gasteiger partial charge in [0.25, 0.3) is 11.4 Å². The van der Waals surface area contributed by atoms with E-state index < -0.39 is 57.4 Å². The van der Waals surface area contributed by atoms with E-state index in [9.17, 15) is 51.8 Å². The highest BCUT2D eigenvalue weighted by molar-refractivity contribution is 5.91. The van der Waals surface area contributed by atoms with Gasteiger partial charge in [0, 0.05) is 24.6 Å². The van der Waals surface area contributed by atoms with Crippen molar-refractivity contribution in [3.63, 3.8) is 0 Å². The van der Waals surface area contributed by atoms with Crippen LogP contribution in [0, 0.1) is 20.2 Å². The topological polar surface area (TPSA) is 157 Å². The van der Waals surface area contributed by atoms with Crippen LogP contribution in [0.1, 0.15) is 72.9 Å². The van der Waals surface area contributed by atoms with Crippen molar-refractivity contribution in [2.75, 3.05) is 19.8 Å². The molecule has 0 unspecified atom stereocenters. The van der Waals surface area contributed by atoms with Gasteiger partial charge in [-0.15, -0.1) is 0 Å². The zero-order chi connectivity index (χ0) is 38.1. The number of nitro benzene ring substituents is 2. The minimum atomic E-state index is -4.19. The molecule has 280 valence electrons. The Morgan fingerprint density at radius 1 is 0.673 bits per heavy atom. The van der Waals surface area contributed by atoms with E-state index in [1.807, 2.05) is 0 Å². The molecule has 0 aliphatic rings. The zero-order valence-electron chi connectivity index (χ0n) is 27.7. The Morgan fingerprint density at radius 3 is 1.79 bits per heavy atom. The normalized spacial score (nSPS) is 11.6. The van der Waals surface area contributed by atoms with Crippen molar-refractivity contribution >= 4 is 29.4 Å². The molecular weight excluding hydrogens is 703 g/mol. The van der Waals surface area contributed by atoms with Crippen LogP contribution in [0.15, 0.2) is 72.8 Å². The number of ether oxygens (including phenoxy) is 4. The predicted octanol–water partition coefficient (Wildman–Crippen LogP) is 9.11. The number of nitrogens with zero attached hydrogens (tertiary/aromatic N) is 2. The SMILES string of the molecule is O=C(/C=C/c1ccc(C(F)(F)Oc2ccc(OCCCCCC(F)(F)F)cc2)cc1)OCCCCCCOC(=O)c1cc([N+](=O)[O-])cc([N+](=O)[O-])c1. The second-order valence-corrected chi connectivity index (χ2v) is 11.3. The van der Waals surface area contributed by atoms with Crippen molar-refractivity contribution in [3.8, 4) is 11.5 Å². The van der Waals surface area contributed by atoms with Gasteiger partial charge in [-0.05, 0) is 93.0 Å². The summed E-state index contributed by atoms with van der Waals surface area (Å²) in [6.45, 7) is 0.257. The van der Waals surface area contributed by atoms with Gasteiger partial charge >= 0.3 is 24.2 Å². The maximum absolute atomic E-state index is 14.8. The molecule has 0 saturated carbocycles. The Kier molecular flexibility index (Phi) is 15.5. The second-order valence-electron chi connectivity index (χ2n) is 11.3. The molecule has 0 spiro atoms. The highest BCUT2D eigenvalue weighted by Crippen LogP contribution is 2.33. The number of carbonyl (C=O) groups is 2. The first-order valence-corrected chi connectivity index (χ1v) is 16.1. The average Bonchev–Trinajstić information content (AvgIpc) is 3.09. The van der Waals surface area contributed by atoms with Crippen LogP contribution in [0.2, 0.25) is 0 Å². The Labute approximate surface area is 294 Å². The number of unbranched alkanes of at least 4 members (excludes halogenated alkanes) is 5. The summed E-state index contributed by atoms with van der Waals surface area (Å²) in [6, 6.07) is 13.0. The Hall–Kier alpha value is -5.61. The van der Waals surface area contributed by atoms with Crippen LogP contribution < -0.4 is 9.47 Å². The predicted molar refractivity (Wildman–Crippen MR) is 176 cm³/mol. The number of non-ortho nitro benzene ring substituents is 2. The highest BCUT2D eigenvalue weighted by atomic mass is 19.4. The van der Waals surface area contributed by atoms with Gasteiger partial charge in [0.2, 0.25) is 0 Å². The molecule has 52 heavy (non-hydrogen) atoms. The van der Waals surface area contributed by atoms with Crippen LogP contribution >= 0.6 is 0 Å². The van der Waals surface area contributed by atoms with Gasteiger partial charge in [-0.3, -0.25) is 20.2 Å². The molecule has 3 aromatic carbocycles. The second kappa shape index (κ2) is 19.7. The first-order chi connectivity index (χ1) is 24.6. The number of rotatable bonds is 21. The van der Waals surface area contributed by atoms with E-state index in [4.69, 9.17) is 18.9 Å². The third-order valence-electron chi connectivity index (χ3n) is 7.18. The minimum Gasteiger partial charge on any atom is -0.494 e. The molecular formula is C35H35F5N2O10. The summed E-state index contributed by atoms with van der Waals surface area (Å²) in [6.07, 6.45) is -3.28. The summed E-state index contributed by atoms with van der Waals surface area (Å²) in [7, 11) is 0. The first kappa shape index (κ1) is 40.8. The molecule has 0 fully saturated rings. The molecule has 0 aromatic heterocycles. The number of hydrogen-bond donors (Lipinski definition) is 0. The van der Waals surface area contributed by atoms with Crippen LogP contribution in [0.3, 0.4) is 0 Å². The molecule has 0 heterocycles. The summed E-state index contributed by atoms with van der Waals surface area (Å²) in [5.74, 6) is -1.35. The number of benzene rings is 3. The molecule has 3 aromatic rings. The lowest BCUT2D eigenvalue weighted by molar-refractivity contribution is -0.394. The molecule has 3 rings (SSSR count). The van der Waals surface area contributed by atoms with E-state index in [1.54, 1.807) is 0 Å². The fraction of sp³-hybridized carbons (Fsp3) is 0.371. The van der Waals surface area contributed by atoms with Gasteiger partial charge < -0.3 is 18.9 Å². The van der Waals surface area contributed by atoms with E-state index in [0.29, 0.717) is 49.8 Å². The molecule has 17 heteroatoms. The minimum absolute atomic E-state index is 0.00519. The van der Waals surface area contributed by atoms with Gasteiger partial charge in [0.1, 0.15) is 11.5 Å². The quantitative estimate of drug-likeness (QED) is 0.0258. The maximum Gasteiger partial charge on any atom is 0.426 e. The number of hydrogen-bond acceptors (Lipinski definition) is 10. The van der Waals surface area contributed by atoms with Crippen molar-refractivity contribution in [3.05, 3.63) is 110 Å². The van der Waals surface area contributed by atoms with Crippen LogP contribution in [-0.4, -0.2) is 47.8 Å². The van der Waals surface area contributed by atoms with Gasteiger partial charge in [-0.25, -0.2) is 9.59 Å². The Morgan fingerprint density at radius 2 is 1.21 bits per heavy atom. The number of esters is 2. The fourth-order valence-electron chi connectivity index (χ4n) is 4.51. The fourth-order valence-corrected chi connectivity index (χ4v) is 4.51. The van der Waals surface area contributed by atoms with E-state index in [2.05, 4.69) is 0 Å². The van der Waals surface area contributed by atoms with Crippen molar-refractivity contribution in [1.29, 1.82) is 0 Å². The molecule has 0 aliphatic carbocycles. The summed E-state index contributed by atoms with van der Waals surface area (Å²) in [5, 5.41) is 21.9. The van der Waals surface area contributed by atoms with E-state index >= 15 is 0 Å². The largest absolute Gasteiger partial charge is 0.494 e. The summed E-state index contributed by atoms with van der Waals surface area (Å²) < 4.78 is 86.5. The lowest BCUT2D eigenvalue weighted by atomic mass is 10.1. The van der Waals surface area contributed by atoms with Gasteiger partial charge in [0.15, 0.2) is 0 Å². The Bertz CT molecular complexity index is 1650. The van der Waals surface area contributed by atoms with Gasteiger partial charge in [-0.1, -0.05) is 12.1 Å². The average molecular weight is 739 g/mol. The number of nitro groups is 2. The number of alkyl halides is 5. The third-order valence-corrected chi connectivity index (χ3v) is 7.18. The highest BCUT2D eigenvalue weighted by Gasteiger charge is 2.34. The third kappa shape index (κ3) is 14.7. The van der Waals surface area contributed by atoms with Gasteiger partial charge in [-0.2, -0.15) is 22.0 Å². The van der Waals surface area contributed by atoms with E-state index in [1.165, 1.54) is 42.5 Å².